The molecule has 0 saturated carbocycles. The zero-order valence-corrected chi connectivity index (χ0v) is 11.6. The normalized spacial score (nSPS) is 19.5. The summed E-state index contributed by atoms with van der Waals surface area (Å²) in [6, 6.07) is 5.13. The van der Waals surface area contributed by atoms with Crippen molar-refractivity contribution >= 4 is 27.6 Å². The molecular weight excluding hydrogens is 298 g/mol. The molecular formula is C13H16BrNO3. The zero-order chi connectivity index (χ0) is 13.0. The number of carboxylic acids is 1. The maximum atomic E-state index is 10.9. The predicted octanol–water partition coefficient (Wildman–Crippen LogP) is 2.99. The molecule has 1 aliphatic heterocycles. The second-order valence-corrected chi connectivity index (χ2v) is 5.41. The van der Waals surface area contributed by atoms with Crippen LogP contribution in [0.15, 0.2) is 22.7 Å². The maximum absolute atomic E-state index is 10.9. The van der Waals surface area contributed by atoms with E-state index in [1.54, 1.807) is 12.1 Å². The van der Waals surface area contributed by atoms with Gasteiger partial charge < -0.3 is 15.2 Å². The van der Waals surface area contributed by atoms with E-state index in [-0.39, 0.29) is 5.56 Å². The molecule has 0 radical (unpaired) electrons. The van der Waals surface area contributed by atoms with E-state index in [1.165, 1.54) is 0 Å². The van der Waals surface area contributed by atoms with Crippen LogP contribution in [0, 0.1) is 5.92 Å². The van der Waals surface area contributed by atoms with Gasteiger partial charge in [0, 0.05) is 23.3 Å². The summed E-state index contributed by atoms with van der Waals surface area (Å²) in [4.78, 5) is 10.9. The van der Waals surface area contributed by atoms with Crippen molar-refractivity contribution in [3.8, 4) is 0 Å². The van der Waals surface area contributed by atoms with Crippen LogP contribution in [0.5, 0.6) is 0 Å². The van der Waals surface area contributed by atoms with Crippen LogP contribution in [-0.4, -0.2) is 30.8 Å². The summed E-state index contributed by atoms with van der Waals surface area (Å²) in [5.41, 5.74) is 1.11. The molecule has 1 fully saturated rings. The molecule has 5 heteroatoms. The minimum absolute atomic E-state index is 0.284. The first-order valence-corrected chi connectivity index (χ1v) is 6.80. The molecule has 0 amide bonds. The summed E-state index contributed by atoms with van der Waals surface area (Å²) in [7, 11) is 0. The molecule has 1 unspecified atom stereocenters. The van der Waals surface area contributed by atoms with Gasteiger partial charge in [0.25, 0.3) is 0 Å². The molecule has 98 valence electrons. The van der Waals surface area contributed by atoms with Gasteiger partial charge in [-0.1, -0.05) is 15.9 Å². The number of hydrogen-bond donors (Lipinski definition) is 2. The predicted molar refractivity (Wildman–Crippen MR) is 73.1 cm³/mol. The molecule has 0 aromatic heterocycles. The average Bonchev–Trinajstić information content (AvgIpc) is 2.37. The summed E-state index contributed by atoms with van der Waals surface area (Å²) in [5.74, 6) is -0.411. The summed E-state index contributed by atoms with van der Waals surface area (Å²) >= 11 is 3.32. The Morgan fingerprint density at radius 3 is 3.00 bits per heavy atom. The Kier molecular flexibility index (Phi) is 4.60. The number of hydrogen-bond acceptors (Lipinski definition) is 3. The number of rotatable bonds is 4. The van der Waals surface area contributed by atoms with Gasteiger partial charge >= 0.3 is 5.97 Å². The van der Waals surface area contributed by atoms with Crippen molar-refractivity contribution in [3.63, 3.8) is 0 Å². The molecule has 4 nitrogen and oxygen atoms in total. The molecule has 0 spiro atoms. The van der Waals surface area contributed by atoms with E-state index >= 15 is 0 Å². The minimum Gasteiger partial charge on any atom is -0.478 e. The lowest BCUT2D eigenvalue weighted by atomic mass is 10.0. The van der Waals surface area contributed by atoms with E-state index in [4.69, 9.17) is 9.84 Å². The first-order valence-electron chi connectivity index (χ1n) is 6.00. The fourth-order valence-corrected chi connectivity index (χ4v) is 2.54. The molecule has 18 heavy (non-hydrogen) atoms. The van der Waals surface area contributed by atoms with Crippen molar-refractivity contribution in [2.45, 2.75) is 12.8 Å². The van der Waals surface area contributed by atoms with Gasteiger partial charge in [-0.2, -0.15) is 0 Å². The van der Waals surface area contributed by atoms with E-state index in [0.717, 1.165) is 42.8 Å². The summed E-state index contributed by atoms with van der Waals surface area (Å²) in [6.07, 6.45) is 2.26. The molecule has 2 N–H and O–H groups in total. The fourth-order valence-electron chi connectivity index (χ4n) is 2.05. The van der Waals surface area contributed by atoms with Crippen LogP contribution in [0.4, 0.5) is 5.69 Å². The second-order valence-electron chi connectivity index (χ2n) is 4.50. The Bertz CT molecular complexity index is 430. The number of aromatic carboxylic acids is 1. The number of benzene rings is 1. The van der Waals surface area contributed by atoms with Crippen LogP contribution in [0.25, 0.3) is 0 Å². The van der Waals surface area contributed by atoms with Gasteiger partial charge in [0.15, 0.2) is 0 Å². The molecule has 1 atom stereocenters. The lowest BCUT2D eigenvalue weighted by Gasteiger charge is -2.22. The SMILES string of the molecule is O=C(O)c1cc(Br)cc(NCC2CCCOC2)c1. The van der Waals surface area contributed by atoms with Gasteiger partial charge in [-0.25, -0.2) is 4.79 Å². The largest absolute Gasteiger partial charge is 0.478 e. The molecule has 1 aliphatic rings. The zero-order valence-electron chi connectivity index (χ0n) is 9.99. The monoisotopic (exact) mass is 313 g/mol. The Labute approximate surface area is 114 Å². The van der Waals surface area contributed by atoms with Gasteiger partial charge in [-0.3, -0.25) is 0 Å². The molecule has 1 heterocycles. The van der Waals surface area contributed by atoms with Gasteiger partial charge in [0.05, 0.1) is 12.2 Å². The van der Waals surface area contributed by atoms with E-state index in [0.29, 0.717) is 5.92 Å². The Morgan fingerprint density at radius 2 is 2.33 bits per heavy atom. The summed E-state index contributed by atoms with van der Waals surface area (Å²) < 4.78 is 6.18. The van der Waals surface area contributed by atoms with Crippen molar-refractivity contribution in [3.05, 3.63) is 28.2 Å². The number of carboxylic acid groups (broad SMARTS) is 1. The van der Waals surface area contributed by atoms with Gasteiger partial charge in [-0.05, 0) is 37.0 Å². The quantitative estimate of drug-likeness (QED) is 0.897. The van der Waals surface area contributed by atoms with E-state index in [2.05, 4.69) is 21.2 Å². The highest BCUT2D eigenvalue weighted by atomic mass is 79.9. The van der Waals surface area contributed by atoms with Crippen LogP contribution in [0.3, 0.4) is 0 Å². The van der Waals surface area contributed by atoms with Crippen LogP contribution >= 0.6 is 15.9 Å². The second kappa shape index (κ2) is 6.20. The smallest absolute Gasteiger partial charge is 0.335 e. The van der Waals surface area contributed by atoms with Gasteiger partial charge in [0.2, 0.25) is 0 Å². The Hall–Kier alpha value is -1.07. The van der Waals surface area contributed by atoms with Crippen molar-refractivity contribution in [2.75, 3.05) is 25.1 Å². The highest BCUT2D eigenvalue weighted by molar-refractivity contribution is 9.10. The highest BCUT2D eigenvalue weighted by Crippen LogP contribution is 2.21. The minimum atomic E-state index is -0.916. The van der Waals surface area contributed by atoms with Crippen molar-refractivity contribution in [1.29, 1.82) is 0 Å². The van der Waals surface area contributed by atoms with Crippen molar-refractivity contribution in [2.24, 2.45) is 5.92 Å². The van der Waals surface area contributed by atoms with Crippen molar-refractivity contribution < 1.29 is 14.6 Å². The number of nitrogens with one attached hydrogen (secondary N) is 1. The first-order chi connectivity index (χ1) is 8.65. The van der Waals surface area contributed by atoms with E-state index in [9.17, 15) is 4.79 Å². The Morgan fingerprint density at radius 1 is 1.50 bits per heavy atom. The molecule has 1 saturated heterocycles. The van der Waals surface area contributed by atoms with Crippen LogP contribution in [0.2, 0.25) is 0 Å². The average molecular weight is 314 g/mol. The lowest BCUT2D eigenvalue weighted by Crippen LogP contribution is -2.24. The van der Waals surface area contributed by atoms with E-state index < -0.39 is 5.97 Å². The number of halogens is 1. The molecule has 0 aliphatic carbocycles. The van der Waals surface area contributed by atoms with Crippen LogP contribution < -0.4 is 5.32 Å². The fraction of sp³-hybridized carbons (Fsp3) is 0.462. The highest BCUT2D eigenvalue weighted by Gasteiger charge is 2.14. The van der Waals surface area contributed by atoms with Crippen LogP contribution in [0.1, 0.15) is 23.2 Å². The van der Waals surface area contributed by atoms with E-state index in [1.807, 2.05) is 6.07 Å². The Balaban J connectivity index is 1.97. The third kappa shape index (κ3) is 3.71. The standard InChI is InChI=1S/C13H16BrNO3/c14-11-4-10(13(16)17)5-12(6-11)15-7-9-2-1-3-18-8-9/h4-6,9,15H,1-3,7-8H2,(H,16,17). The van der Waals surface area contributed by atoms with Crippen LogP contribution in [-0.2, 0) is 4.74 Å². The molecule has 1 aromatic carbocycles. The summed E-state index contributed by atoms with van der Waals surface area (Å²) in [5, 5.41) is 12.3. The first kappa shape index (κ1) is 13.4. The third-order valence-corrected chi connectivity index (χ3v) is 3.45. The number of anilines is 1. The molecule has 1 aromatic rings. The number of ether oxygens (including phenoxy) is 1. The lowest BCUT2D eigenvalue weighted by molar-refractivity contribution is 0.0595. The maximum Gasteiger partial charge on any atom is 0.335 e. The molecule has 0 bridgehead atoms. The topological polar surface area (TPSA) is 58.6 Å². The van der Waals surface area contributed by atoms with Gasteiger partial charge in [0.1, 0.15) is 0 Å². The molecule has 2 rings (SSSR count). The number of carbonyl (C=O) groups is 1. The van der Waals surface area contributed by atoms with Gasteiger partial charge in [-0.15, -0.1) is 0 Å². The third-order valence-electron chi connectivity index (χ3n) is 2.99. The summed E-state index contributed by atoms with van der Waals surface area (Å²) in [6.45, 7) is 2.46. The van der Waals surface area contributed by atoms with Crippen molar-refractivity contribution in [1.82, 2.24) is 0 Å².